The second-order valence-electron chi connectivity index (χ2n) is 11.0. The molecule has 1 atom stereocenters. The Morgan fingerprint density at radius 1 is 0.773 bits per heavy atom. The molecule has 0 fully saturated rings. The summed E-state index contributed by atoms with van der Waals surface area (Å²) in [6.07, 6.45) is 1.53. The van der Waals surface area contributed by atoms with Crippen LogP contribution in [0.5, 0.6) is 0 Å². The van der Waals surface area contributed by atoms with Crippen molar-refractivity contribution < 1.29 is 14.4 Å². The van der Waals surface area contributed by atoms with E-state index in [1.165, 1.54) is 0 Å². The van der Waals surface area contributed by atoms with Crippen LogP contribution in [0.2, 0.25) is 0 Å². The van der Waals surface area contributed by atoms with Gasteiger partial charge in [-0.1, -0.05) is 91.0 Å². The van der Waals surface area contributed by atoms with Crippen LogP contribution in [0.25, 0.3) is 10.8 Å². The molecule has 1 unspecified atom stereocenters. The van der Waals surface area contributed by atoms with Crippen molar-refractivity contribution >= 4 is 34.5 Å². The van der Waals surface area contributed by atoms with E-state index < -0.39 is 11.4 Å². The van der Waals surface area contributed by atoms with E-state index in [9.17, 15) is 14.4 Å². The van der Waals surface area contributed by atoms with Crippen LogP contribution in [-0.2, 0) is 9.59 Å². The minimum atomic E-state index is -1.23. The summed E-state index contributed by atoms with van der Waals surface area (Å²) in [4.78, 5) is 39.1. The molecule has 3 amide bonds. The zero-order chi connectivity index (χ0) is 31.4. The van der Waals surface area contributed by atoms with E-state index in [2.05, 4.69) is 21.3 Å². The molecule has 9 heteroatoms. The summed E-state index contributed by atoms with van der Waals surface area (Å²) < 4.78 is 0. The van der Waals surface area contributed by atoms with Gasteiger partial charge in [-0.3, -0.25) is 19.8 Å². The Balaban J connectivity index is 1.37. The monoisotopic (exact) mass is 592 g/mol. The van der Waals surface area contributed by atoms with Crippen molar-refractivity contribution in [3.05, 3.63) is 120 Å². The van der Waals surface area contributed by atoms with Crippen LogP contribution in [0.4, 0.5) is 0 Å². The number of hydrogen-bond donors (Lipinski definition) is 6. The highest BCUT2D eigenvalue weighted by Crippen LogP contribution is 2.24. The van der Waals surface area contributed by atoms with Crippen LogP contribution in [0.1, 0.15) is 53.6 Å². The number of carbonyl (C=O) groups is 3. The number of hydrogen-bond acceptors (Lipinski definition) is 4. The molecule has 4 aromatic rings. The van der Waals surface area contributed by atoms with Gasteiger partial charge in [0.15, 0.2) is 5.96 Å². The lowest BCUT2D eigenvalue weighted by molar-refractivity contribution is -0.133. The van der Waals surface area contributed by atoms with Gasteiger partial charge in [0.2, 0.25) is 11.8 Å². The summed E-state index contributed by atoms with van der Waals surface area (Å²) in [6.45, 7) is 2.23. The van der Waals surface area contributed by atoms with Gasteiger partial charge in [0.1, 0.15) is 5.54 Å². The molecule has 0 radical (unpaired) electrons. The Morgan fingerprint density at radius 3 is 2.02 bits per heavy atom. The average Bonchev–Trinajstić information content (AvgIpc) is 3.04. The van der Waals surface area contributed by atoms with Crippen molar-refractivity contribution in [2.75, 3.05) is 19.6 Å². The molecule has 4 aromatic carbocycles. The maximum atomic E-state index is 13.7. The number of nitrogens with two attached hydrogens (primary N) is 1. The number of amides is 3. The number of unbranched alkanes of at least 4 members (excludes halogenated alkanes) is 1. The fraction of sp³-hybridized carbons (Fsp3) is 0.257. The molecule has 0 aromatic heterocycles. The molecule has 44 heavy (non-hydrogen) atoms. The van der Waals surface area contributed by atoms with Gasteiger partial charge in [0.25, 0.3) is 5.91 Å². The van der Waals surface area contributed by atoms with Gasteiger partial charge in [-0.05, 0) is 60.2 Å². The highest BCUT2D eigenvalue weighted by molar-refractivity contribution is 5.98. The van der Waals surface area contributed by atoms with E-state index in [4.69, 9.17) is 11.1 Å². The number of guanidine groups is 1. The lowest BCUT2D eigenvalue weighted by atomic mass is 9.89. The van der Waals surface area contributed by atoms with Gasteiger partial charge in [-0.15, -0.1) is 0 Å². The maximum Gasteiger partial charge on any atom is 0.251 e. The third kappa shape index (κ3) is 8.91. The molecular weight excluding hydrogens is 552 g/mol. The average molecular weight is 593 g/mol. The first-order valence-corrected chi connectivity index (χ1v) is 14.8. The fourth-order valence-electron chi connectivity index (χ4n) is 5.19. The number of fused-ring (bicyclic) bond motifs is 1. The summed E-state index contributed by atoms with van der Waals surface area (Å²) in [5, 5.41) is 20.8. The molecule has 0 saturated heterocycles. The van der Waals surface area contributed by atoms with E-state index in [1.807, 2.05) is 103 Å². The highest BCUT2D eigenvalue weighted by atomic mass is 16.2. The minimum absolute atomic E-state index is 0.0778. The van der Waals surface area contributed by atoms with Crippen LogP contribution in [-0.4, -0.2) is 48.9 Å². The first kappa shape index (κ1) is 31.7. The van der Waals surface area contributed by atoms with Gasteiger partial charge in [-0.2, -0.15) is 0 Å². The largest absolute Gasteiger partial charge is 0.370 e. The lowest BCUT2D eigenvalue weighted by Crippen LogP contribution is -2.59. The molecule has 0 aliphatic carbocycles. The Bertz CT molecular complexity index is 1540. The summed E-state index contributed by atoms with van der Waals surface area (Å²) in [7, 11) is 0. The molecule has 4 rings (SSSR count). The van der Waals surface area contributed by atoms with Crippen LogP contribution < -0.4 is 27.0 Å². The van der Waals surface area contributed by atoms with Gasteiger partial charge < -0.3 is 27.0 Å². The van der Waals surface area contributed by atoms with Crippen LogP contribution in [0, 0.1) is 5.41 Å². The summed E-state index contributed by atoms with van der Waals surface area (Å²) in [5.41, 5.74) is 6.84. The normalized spacial score (nSPS) is 12.2. The predicted octanol–water partition coefficient (Wildman–Crippen LogP) is 4.05. The quantitative estimate of drug-likeness (QED) is 0.0742. The summed E-state index contributed by atoms with van der Waals surface area (Å²) in [5.74, 6) is -1.34. The first-order valence-electron chi connectivity index (χ1n) is 14.8. The van der Waals surface area contributed by atoms with Gasteiger partial charge in [-0.25, -0.2) is 0 Å². The van der Waals surface area contributed by atoms with E-state index in [0.29, 0.717) is 37.9 Å². The lowest BCUT2D eigenvalue weighted by Gasteiger charge is -2.31. The Labute approximate surface area is 258 Å². The van der Waals surface area contributed by atoms with E-state index in [-0.39, 0.29) is 30.2 Å². The molecule has 228 valence electrons. The SMILES string of the molecule is CC(CCCCNC(=O)c1ccc2ccccc2c1)(NC(=O)CNC(=N)N)C(=O)NCC(c1ccccc1)c1ccccc1. The van der Waals surface area contributed by atoms with E-state index in [0.717, 1.165) is 21.9 Å². The third-order valence-electron chi connectivity index (χ3n) is 7.63. The molecular formula is C35H40N6O3. The van der Waals surface area contributed by atoms with Crippen molar-refractivity contribution in [2.24, 2.45) is 5.73 Å². The van der Waals surface area contributed by atoms with Crippen LogP contribution in [0.15, 0.2) is 103 Å². The second-order valence-corrected chi connectivity index (χ2v) is 11.0. The molecule has 7 N–H and O–H groups in total. The standard InChI is InChI=1S/C35H40N6O3/c1-35(41-31(42)24-40-34(36)37,20-10-11-21-38-32(43)29-19-18-25-12-8-9-17-28(25)22-29)33(44)39-23-30(26-13-4-2-5-14-26)27-15-6-3-7-16-27/h2-9,12-19,22,30H,10-11,20-21,23-24H2,1H3,(H,38,43)(H,39,44)(H,41,42)(H4,36,37,40). The zero-order valence-electron chi connectivity index (χ0n) is 24.9. The van der Waals surface area contributed by atoms with E-state index >= 15 is 0 Å². The third-order valence-corrected chi connectivity index (χ3v) is 7.63. The Hall–Kier alpha value is -5.18. The van der Waals surface area contributed by atoms with E-state index in [1.54, 1.807) is 6.92 Å². The van der Waals surface area contributed by atoms with Crippen molar-refractivity contribution in [3.8, 4) is 0 Å². The number of benzene rings is 4. The highest BCUT2D eigenvalue weighted by Gasteiger charge is 2.34. The van der Waals surface area contributed by atoms with Gasteiger partial charge >= 0.3 is 0 Å². The topological polar surface area (TPSA) is 149 Å². The smallest absolute Gasteiger partial charge is 0.251 e. The van der Waals surface area contributed by atoms with Crippen molar-refractivity contribution in [3.63, 3.8) is 0 Å². The van der Waals surface area contributed by atoms with Crippen molar-refractivity contribution in [2.45, 2.75) is 37.6 Å². The van der Waals surface area contributed by atoms with Crippen molar-refractivity contribution in [1.82, 2.24) is 21.3 Å². The van der Waals surface area contributed by atoms with Gasteiger partial charge in [0, 0.05) is 24.6 Å². The predicted molar refractivity (Wildman–Crippen MR) is 174 cm³/mol. The Kier molecular flexibility index (Phi) is 11.1. The second kappa shape index (κ2) is 15.3. The molecule has 0 saturated carbocycles. The van der Waals surface area contributed by atoms with Crippen LogP contribution >= 0.6 is 0 Å². The molecule has 0 heterocycles. The fourth-order valence-corrected chi connectivity index (χ4v) is 5.19. The van der Waals surface area contributed by atoms with Crippen LogP contribution in [0.3, 0.4) is 0 Å². The first-order chi connectivity index (χ1) is 21.2. The maximum absolute atomic E-state index is 13.7. The van der Waals surface area contributed by atoms with Gasteiger partial charge in [0.05, 0.1) is 6.54 Å². The minimum Gasteiger partial charge on any atom is -0.370 e. The summed E-state index contributed by atoms with van der Waals surface area (Å²) in [6, 6.07) is 33.4. The molecule has 0 bridgehead atoms. The number of carbonyl (C=O) groups excluding carboxylic acids is 3. The Morgan fingerprint density at radius 2 is 1.39 bits per heavy atom. The van der Waals surface area contributed by atoms with Crippen molar-refractivity contribution in [1.29, 1.82) is 5.41 Å². The number of nitrogens with one attached hydrogen (secondary N) is 5. The molecule has 9 nitrogen and oxygen atoms in total. The molecule has 0 aliphatic rings. The molecule has 0 spiro atoms. The zero-order valence-corrected chi connectivity index (χ0v) is 24.9. The number of rotatable bonds is 14. The molecule has 0 aliphatic heterocycles. The summed E-state index contributed by atoms with van der Waals surface area (Å²) >= 11 is 0.